The Hall–Kier alpha value is -3.45. The SMILES string of the molecule is CC(C)(C)OC(=O)N1[C@@H]2CC[C@@H](C2)[C@H]1C(=O)N[C@H](C#N)Cc1ccc(-c2ccc(C(=O)O)s2)cc1F. The monoisotopic (exact) mass is 513 g/mol. The first-order valence-corrected chi connectivity index (χ1v) is 12.6. The zero-order chi connectivity index (χ0) is 26.2. The van der Waals surface area contributed by atoms with E-state index in [4.69, 9.17) is 9.84 Å². The van der Waals surface area contributed by atoms with Gasteiger partial charge in [-0.1, -0.05) is 12.1 Å². The molecular formula is C26H28FN3O5S. The van der Waals surface area contributed by atoms with Crippen LogP contribution in [0.25, 0.3) is 10.4 Å². The summed E-state index contributed by atoms with van der Waals surface area (Å²) >= 11 is 1.04. The summed E-state index contributed by atoms with van der Waals surface area (Å²) < 4.78 is 20.4. The van der Waals surface area contributed by atoms with Crippen molar-refractivity contribution in [2.75, 3.05) is 0 Å². The lowest BCUT2D eigenvalue weighted by atomic mass is 9.97. The number of carbonyl (C=O) groups is 3. The number of fused-ring (bicyclic) bond motifs is 2. The quantitative estimate of drug-likeness (QED) is 0.583. The Balaban J connectivity index is 1.45. The Morgan fingerprint density at radius 2 is 2.03 bits per heavy atom. The molecule has 0 spiro atoms. The van der Waals surface area contributed by atoms with Crippen LogP contribution in [0.15, 0.2) is 30.3 Å². The number of carboxylic acids is 1. The number of hydrogen-bond acceptors (Lipinski definition) is 6. The minimum Gasteiger partial charge on any atom is -0.477 e. The fraction of sp³-hybridized carbons (Fsp3) is 0.462. The number of likely N-dealkylation sites (tertiary alicyclic amines) is 1. The molecule has 2 heterocycles. The van der Waals surface area contributed by atoms with Crippen LogP contribution < -0.4 is 5.32 Å². The van der Waals surface area contributed by atoms with E-state index in [0.717, 1.165) is 30.6 Å². The molecule has 36 heavy (non-hydrogen) atoms. The van der Waals surface area contributed by atoms with Crippen molar-refractivity contribution in [3.8, 4) is 16.5 Å². The Morgan fingerprint density at radius 3 is 2.64 bits per heavy atom. The molecule has 1 aromatic carbocycles. The normalized spacial score (nSPS) is 21.6. The summed E-state index contributed by atoms with van der Waals surface area (Å²) in [6.45, 7) is 5.30. The highest BCUT2D eigenvalue weighted by Gasteiger charge is 2.52. The number of amides is 2. The van der Waals surface area contributed by atoms with Crippen LogP contribution in [0.1, 0.15) is 55.3 Å². The van der Waals surface area contributed by atoms with E-state index in [-0.39, 0.29) is 28.8 Å². The lowest BCUT2D eigenvalue weighted by molar-refractivity contribution is -0.128. The summed E-state index contributed by atoms with van der Waals surface area (Å²) in [5.74, 6) is -2.03. The van der Waals surface area contributed by atoms with E-state index in [2.05, 4.69) is 5.32 Å². The molecule has 1 saturated heterocycles. The maximum Gasteiger partial charge on any atom is 0.411 e. The molecule has 1 aliphatic heterocycles. The summed E-state index contributed by atoms with van der Waals surface area (Å²) in [6, 6.07) is 7.82. The third kappa shape index (κ3) is 5.36. The maximum atomic E-state index is 14.9. The first-order chi connectivity index (χ1) is 17.0. The number of carbonyl (C=O) groups excluding carboxylic acids is 2. The first-order valence-electron chi connectivity index (χ1n) is 11.8. The van der Waals surface area contributed by atoms with Crippen molar-refractivity contribution in [3.63, 3.8) is 0 Å². The fourth-order valence-electron chi connectivity index (χ4n) is 4.98. The smallest absolute Gasteiger partial charge is 0.411 e. The van der Waals surface area contributed by atoms with Crippen LogP contribution in [-0.2, 0) is 16.0 Å². The van der Waals surface area contributed by atoms with E-state index in [1.54, 1.807) is 32.9 Å². The molecule has 1 aromatic heterocycles. The van der Waals surface area contributed by atoms with Crippen molar-refractivity contribution in [1.82, 2.24) is 10.2 Å². The van der Waals surface area contributed by atoms with Crippen LogP contribution in [0, 0.1) is 23.1 Å². The highest BCUT2D eigenvalue weighted by atomic mass is 32.1. The van der Waals surface area contributed by atoms with Crippen molar-refractivity contribution in [3.05, 3.63) is 46.6 Å². The summed E-state index contributed by atoms with van der Waals surface area (Å²) in [6.07, 6.45) is 1.76. The molecule has 2 N–H and O–H groups in total. The molecule has 1 aliphatic carbocycles. The number of thiophene rings is 1. The second kappa shape index (κ2) is 9.90. The van der Waals surface area contributed by atoms with Gasteiger partial charge in [0.15, 0.2) is 0 Å². The second-order valence-corrected chi connectivity index (χ2v) is 11.3. The summed E-state index contributed by atoms with van der Waals surface area (Å²) in [4.78, 5) is 39.4. The molecule has 4 atom stereocenters. The van der Waals surface area contributed by atoms with Crippen molar-refractivity contribution in [2.24, 2.45) is 5.92 Å². The van der Waals surface area contributed by atoms with Gasteiger partial charge in [0.2, 0.25) is 5.91 Å². The molecule has 1 saturated carbocycles. The van der Waals surface area contributed by atoms with Gasteiger partial charge in [-0.15, -0.1) is 11.3 Å². The highest BCUT2D eigenvalue weighted by Crippen LogP contribution is 2.43. The summed E-state index contributed by atoms with van der Waals surface area (Å²) in [5.41, 5.74) is 0.0794. The second-order valence-electron chi connectivity index (χ2n) is 10.2. The Morgan fingerprint density at radius 1 is 1.28 bits per heavy atom. The number of benzene rings is 1. The van der Waals surface area contributed by atoms with Crippen LogP contribution in [0.2, 0.25) is 0 Å². The van der Waals surface area contributed by atoms with Crippen molar-refractivity contribution >= 4 is 29.3 Å². The van der Waals surface area contributed by atoms with E-state index < -0.39 is 41.5 Å². The minimum atomic E-state index is -1.04. The molecule has 2 bridgehead atoms. The molecule has 2 fully saturated rings. The van der Waals surface area contributed by atoms with Crippen LogP contribution in [0.5, 0.6) is 0 Å². The lowest BCUT2D eigenvalue weighted by Gasteiger charge is -2.35. The van der Waals surface area contributed by atoms with E-state index in [1.807, 2.05) is 6.07 Å². The topological polar surface area (TPSA) is 120 Å². The number of halogens is 1. The number of hydrogen-bond donors (Lipinski definition) is 2. The van der Waals surface area contributed by atoms with Gasteiger partial charge in [0, 0.05) is 17.3 Å². The predicted octanol–water partition coefficient (Wildman–Crippen LogP) is 4.59. The molecule has 2 amide bonds. The average molecular weight is 514 g/mol. The van der Waals surface area contributed by atoms with Gasteiger partial charge in [0.25, 0.3) is 0 Å². The first kappa shape index (κ1) is 25.6. The molecule has 4 rings (SSSR count). The zero-order valence-corrected chi connectivity index (χ0v) is 21.1. The Bertz CT molecular complexity index is 1230. The van der Waals surface area contributed by atoms with Gasteiger partial charge in [0.05, 0.1) is 6.07 Å². The van der Waals surface area contributed by atoms with Gasteiger partial charge < -0.3 is 15.2 Å². The van der Waals surface area contributed by atoms with Crippen molar-refractivity contribution in [1.29, 1.82) is 5.26 Å². The van der Waals surface area contributed by atoms with E-state index in [0.29, 0.717) is 10.4 Å². The zero-order valence-electron chi connectivity index (χ0n) is 20.3. The summed E-state index contributed by atoms with van der Waals surface area (Å²) in [5, 5.41) is 21.5. The lowest BCUT2D eigenvalue weighted by Crippen LogP contribution is -2.55. The van der Waals surface area contributed by atoms with Gasteiger partial charge in [-0.3, -0.25) is 9.69 Å². The molecule has 190 valence electrons. The van der Waals surface area contributed by atoms with Gasteiger partial charge in [-0.25, -0.2) is 14.0 Å². The number of carboxylic acid groups (broad SMARTS) is 1. The number of nitrogens with zero attached hydrogens (tertiary/aromatic N) is 2. The van der Waals surface area contributed by atoms with Crippen molar-refractivity contribution < 1.29 is 28.6 Å². The number of nitriles is 1. The molecular weight excluding hydrogens is 485 g/mol. The molecule has 2 aromatic rings. The summed E-state index contributed by atoms with van der Waals surface area (Å²) in [7, 11) is 0. The van der Waals surface area contributed by atoms with Crippen LogP contribution in [0.3, 0.4) is 0 Å². The third-order valence-electron chi connectivity index (χ3n) is 6.51. The van der Waals surface area contributed by atoms with Crippen LogP contribution in [-0.4, -0.2) is 51.7 Å². The number of rotatable bonds is 6. The number of aromatic carboxylic acids is 1. The molecule has 8 nitrogen and oxygen atoms in total. The fourth-order valence-corrected chi connectivity index (χ4v) is 5.82. The van der Waals surface area contributed by atoms with E-state index >= 15 is 0 Å². The minimum absolute atomic E-state index is 0.000583. The van der Waals surface area contributed by atoms with E-state index in [1.165, 1.54) is 23.1 Å². The van der Waals surface area contributed by atoms with Gasteiger partial charge >= 0.3 is 12.1 Å². The van der Waals surface area contributed by atoms with Crippen LogP contribution >= 0.6 is 11.3 Å². The maximum absolute atomic E-state index is 14.9. The van der Waals surface area contributed by atoms with Gasteiger partial charge in [0.1, 0.15) is 28.4 Å². The molecule has 0 radical (unpaired) electrons. The average Bonchev–Trinajstić information content (AvgIpc) is 3.54. The Labute approximate surface area is 212 Å². The van der Waals surface area contributed by atoms with Gasteiger partial charge in [-0.2, -0.15) is 5.26 Å². The van der Waals surface area contributed by atoms with Crippen molar-refractivity contribution in [2.45, 2.75) is 70.2 Å². The number of piperidine rings is 1. The predicted molar refractivity (Wildman–Crippen MR) is 131 cm³/mol. The Kier molecular flexibility index (Phi) is 7.05. The van der Waals surface area contributed by atoms with Gasteiger partial charge in [-0.05, 0) is 75.3 Å². The molecule has 0 unspecified atom stereocenters. The highest BCUT2D eigenvalue weighted by molar-refractivity contribution is 7.17. The number of ether oxygens (including phenoxy) is 1. The number of nitrogens with one attached hydrogen (secondary N) is 1. The molecule has 2 aliphatic rings. The van der Waals surface area contributed by atoms with Crippen LogP contribution in [0.4, 0.5) is 9.18 Å². The third-order valence-corrected chi connectivity index (χ3v) is 7.63. The largest absolute Gasteiger partial charge is 0.477 e. The molecule has 10 heteroatoms. The van der Waals surface area contributed by atoms with E-state index in [9.17, 15) is 24.0 Å². The standard InChI is InChI=1S/C26H28FN3O5S/c1-26(2,3)35-25(34)30-18-7-6-16(11-18)22(30)23(31)29-17(13-28)10-14-4-5-15(12-19(14)27)20-8-9-21(36-20)24(32)33/h4-5,8-9,12,16-18,22H,6-7,10-11H2,1-3H3,(H,29,31)(H,32,33)/t16-,17-,18+,22-/m0/s1.